The Bertz CT molecular complexity index is 163. The highest BCUT2D eigenvalue weighted by Gasteiger charge is 2.34. The predicted molar refractivity (Wildman–Crippen MR) is 30.7 cm³/mol. The minimum absolute atomic E-state index is 0.854. The first-order valence-electron chi connectivity index (χ1n) is 2.62. The third-order valence-electron chi connectivity index (χ3n) is 1.23. The molecule has 0 bridgehead atoms. The van der Waals surface area contributed by atoms with E-state index in [9.17, 15) is 14.7 Å². The van der Waals surface area contributed by atoms with E-state index in [2.05, 4.69) is 0 Å². The molecule has 0 aliphatic carbocycles. The van der Waals surface area contributed by atoms with Crippen LogP contribution < -0.4 is 0 Å². The number of rotatable bonds is 1. The van der Waals surface area contributed by atoms with E-state index in [-0.39, 0.29) is 0 Å². The number of hydrogen-bond acceptors (Lipinski definition) is 2. The number of imide groups is 1. The fourth-order valence-corrected chi connectivity index (χ4v) is 0.268. The van der Waals surface area contributed by atoms with Crippen LogP contribution in [-0.2, 0) is 9.90 Å². The molecule has 57 valence electrons. The van der Waals surface area contributed by atoms with Crippen LogP contribution in [0.5, 0.6) is 0 Å². The summed E-state index contributed by atoms with van der Waals surface area (Å²) in [6.45, 7) is -1.00. The van der Waals surface area contributed by atoms with Gasteiger partial charge >= 0.3 is 12.0 Å². The Balaban J connectivity index is 4.40. The van der Waals surface area contributed by atoms with Crippen molar-refractivity contribution in [1.82, 2.24) is 0 Å². The Morgan fingerprint density at radius 3 is 1.90 bits per heavy atom. The van der Waals surface area contributed by atoms with Crippen molar-refractivity contribution < 1.29 is 24.3 Å². The van der Waals surface area contributed by atoms with Crippen molar-refractivity contribution in [2.24, 2.45) is 0 Å². The molecule has 0 aromatic carbocycles. The molecule has 2 amide bonds. The summed E-state index contributed by atoms with van der Waals surface area (Å²) in [5, 5.41) is 18.3. The predicted octanol–water partition coefficient (Wildman–Crippen LogP) is -0.302. The first-order chi connectivity index (χ1) is 4.42. The lowest BCUT2D eigenvalue weighted by molar-refractivity contribution is -0.738. The van der Waals surface area contributed by atoms with Crippen LogP contribution in [0.4, 0.5) is 4.79 Å². The first kappa shape index (κ1) is 9.06. The molecule has 0 saturated carbocycles. The number of likely N-dealkylation sites (N-methyl/N-ethyl adjacent to an activating group) is 1. The first-order valence-corrected chi connectivity index (χ1v) is 2.62. The minimum atomic E-state index is -1.32. The Morgan fingerprint density at radius 2 is 1.80 bits per heavy atom. The van der Waals surface area contributed by atoms with E-state index in [4.69, 9.17) is 5.11 Å². The van der Waals surface area contributed by atoms with Crippen molar-refractivity contribution in [3.05, 3.63) is 0 Å². The molecular weight excluding hydrogens is 138 g/mol. The van der Waals surface area contributed by atoms with Gasteiger partial charge in [0, 0.05) is 0 Å². The van der Waals surface area contributed by atoms with Gasteiger partial charge in [-0.2, -0.15) is 9.28 Å². The maximum absolute atomic E-state index is 10.6. The third kappa shape index (κ3) is 1.52. The van der Waals surface area contributed by atoms with Gasteiger partial charge in [0.15, 0.2) is 6.61 Å². The van der Waals surface area contributed by atoms with Gasteiger partial charge in [-0.3, -0.25) is 0 Å². The van der Waals surface area contributed by atoms with Gasteiger partial charge in [0.25, 0.3) is 0 Å². The summed E-state index contributed by atoms with van der Waals surface area (Å²) in [6, 6.07) is 0. The van der Waals surface area contributed by atoms with E-state index in [0.717, 1.165) is 14.1 Å². The Kier molecular flexibility index (Phi) is 2.50. The number of carboxylic acid groups (broad SMARTS) is 1. The summed E-state index contributed by atoms with van der Waals surface area (Å²) >= 11 is 0. The average Bonchev–Trinajstić information content (AvgIpc) is 1.86. The SMILES string of the molecule is C[N+](C)(C(=O)O)C(=O)C[O]. The summed E-state index contributed by atoms with van der Waals surface area (Å²) in [4.78, 5) is 20.8. The lowest BCUT2D eigenvalue weighted by Crippen LogP contribution is -2.50. The maximum Gasteiger partial charge on any atom is 0.520 e. The minimum Gasteiger partial charge on any atom is -0.435 e. The molecule has 1 N–H and O–H groups in total. The van der Waals surface area contributed by atoms with E-state index >= 15 is 0 Å². The Hall–Kier alpha value is -0.940. The van der Waals surface area contributed by atoms with Crippen molar-refractivity contribution in [2.75, 3.05) is 20.7 Å². The standard InChI is InChI=1S/C5H8NO4/c1-6(2,5(9)10)4(8)3-7/h3H2,1-2H3/p+1. The molecule has 0 atom stereocenters. The van der Waals surface area contributed by atoms with Gasteiger partial charge in [0.05, 0.1) is 14.1 Å². The van der Waals surface area contributed by atoms with Gasteiger partial charge in [-0.05, 0) is 0 Å². The lowest BCUT2D eigenvalue weighted by Gasteiger charge is -2.17. The van der Waals surface area contributed by atoms with Gasteiger partial charge in [-0.1, -0.05) is 0 Å². The number of amides is 2. The zero-order valence-corrected chi connectivity index (χ0v) is 5.83. The van der Waals surface area contributed by atoms with Gasteiger partial charge < -0.3 is 5.11 Å². The molecule has 0 fully saturated rings. The van der Waals surface area contributed by atoms with Crippen LogP contribution in [0.15, 0.2) is 0 Å². The van der Waals surface area contributed by atoms with Crippen LogP contribution in [-0.4, -0.2) is 42.3 Å². The number of hydrogen-bond donors (Lipinski definition) is 1. The molecule has 0 spiro atoms. The quantitative estimate of drug-likeness (QED) is 0.517. The number of nitrogens with zero attached hydrogens (tertiary/aromatic N) is 1. The molecule has 5 nitrogen and oxygen atoms in total. The molecule has 0 aromatic heterocycles. The van der Waals surface area contributed by atoms with E-state index in [1.165, 1.54) is 0 Å². The highest BCUT2D eigenvalue weighted by Crippen LogP contribution is 1.97. The summed E-state index contributed by atoms with van der Waals surface area (Å²) in [7, 11) is 2.31. The second-order valence-corrected chi connectivity index (χ2v) is 2.27. The summed E-state index contributed by atoms with van der Waals surface area (Å²) < 4.78 is -0.899. The van der Waals surface area contributed by atoms with E-state index in [1.807, 2.05) is 0 Å². The van der Waals surface area contributed by atoms with Gasteiger partial charge in [0.1, 0.15) is 0 Å². The molecule has 0 rings (SSSR count). The normalized spacial score (nSPS) is 11.1. The van der Waals surface area contributed by atoms with E-state index < -0.39 is 23.1 Å². The molecule has 0 aliphatic heterocycles. The molecule has 0 aromatic rings. The summed E-state index contributed by atoms with van der Waals surface area (Å²) in [6.07, 6.45) is -1.32. The maximum atomic E-state index is 10.6. The van der Waals surface area contributed by atoms with E-state index in [1.54, 1.807) is 0 Å². The van der Waals surface area contributed by atoms with Crippen LogP contribution in [0.2, 0.25) is 0 Å². The molecule has 0 saturated heterocycles. The zero-order chi connectivity index (χ0) is 8.36. The number of quaternary nitrogens is 1. The molecule has 5 heteroatoms. The van der Waals surface area contributed by atoms with Crippen molar-refractivity contribution >= 4 is 12.0 Å². The highest BCUT2D eigenvalue weighted by molar-refractivity contribution is 5.80. The van der Waals surface area contributed by atoms with Crippen LogP contribution in [0.25, 0.3) is 0 Å². The fraction of sp³-hybridized carbons (Fsp3) is 0.600. The molecule has 1 radical (unpaired) electrons. The molecule has 0 unspecified atom stereocenters. The molecule has 0 aliphatic rings. The third-order valence-corrected chi connectivity index (χ3v) is 1.23. The molecule has 10 heavy (non-hydrogen) atoms. The fourth-order valence-electron chi connectivity index (χ4n) is 0.268. The zero-order valence-electron chi connectivity index (χ0n) is 5.83. The highest BCUT2D eigenvalue weighted by atomic mass is 16.4. The average molecular weight is 147 g/mol. The monoisotopic (exact) mass is 147 g/mol. The van der Waals surface area contributed by atoms with Gasteiger partial charge in [0.2, 0.25) is 0 Å². The lowest BCUT2D eigenvalue weighted by atomic mass is 10.5. The van der Waals surface area contributed by atoms with Crippen LogP contribution >= 0.6 is 0 Å². The van der Waals surface area contributed by atoms with Crippen LogP contribution in [0.1, 0.15) is 0 Å². The van der Waals surface area contributed by atoms with Crippen LogP contribution in [0, 0.1) is 0 Å². The van der Waals surface area contributed by atoms with Crippen LogP contribution in [0.3, 0.4) is 0 Å². The Morgan fingerprint density at radius 1 is 1.40 bits per heavy atom. The molecule has 0 heterocycles. The second-order valence-electron chi connectivity index (χ2n) is 2.27. The smallest absolute Gasteiger partial charge is 0.435 e. The Labute approximate surface area is 58.1 Å². The largest absolute Gasteiger partial charge is 0.520 e. The summed E-state index contributed by atoms with van der Waals surface area (Å²) in [5.74, 6) is -0.854. The summed E-state index contributed by atoms with van der Waals surface area (Å²) in [5.41, 5.74) is 0. The number of carbonyl (C=O) groups is 2. The van der Waals surface area contributed by atoms with Crippen molar-refractivity contribution in [3.8, 4) is 0 Å². The van der Waals surface area contributed by atoms with Gasteiger partial charge in [-0.15, -0.1) is 0 Å². The van der Waals surface area contributed by atoms with E-state index in [0.29, 0.717) is 0 Å². The molecular formula is C5H9NO4+. The number of carbonyl (C=O) groups excluding carboxylic acids is 1. The van der Waals surface area contributed by atoms with Crippen molar-refractivity contribution in [1.29, 1.82) is 0 Å². The van der Waals surface area contributed by atoms with Crippen molar-refractivity contribution in [3.63, 3.8) is 0 Å². The van der Waals surface area contributed by atoms with Gasteiger partial charge in [-0.25, -0.2) is 9.90 Å². The van der Waals surface area contributed by atoms with Crippen molar-refractivity contribution in [2.45, 2.75) is 0 Å². The second kappa shape index (κ2) is 2.76. The topological polar surface area (TPSA) is 74.3 Å².